The van der Waals surface area contributed by atoms with Crippen LogP contribution in [0.5, 0.6) is 17.4 Å². The number of aromatic nitrogens is 1. The first-order chi connectivity index (χ1) is 15.0. The van der Waals surface area contributed by atoms with Crippen molar-refractivity contribution in [1.82, 2.24) is 10.3 Å². The molecule has 2 rings (SSSR count). The number of carboxylic acids is 2. The van der Waals surface area contributed by atoms with Crippen LogP contribution in [0.4, 0.5) is 13.2 Å². The van der Waals surface area contributed by atoms with E-state index >= 15 is 0 Å². The van der Waals surface area contributed by atoms with E-state index in [-0.39, 0.29) is 11.3 Å². The largest absolute Gasteiger partial charge is 0.492 e. The number of hydrogen-bond donors (Lipinski definition) is 3. The molecule has 0 aliphatic rings. The zero-order chi connectivity index (χ0) is 24.3. The Kier molecular flexibility index (Phi) is 9.66. The number of hydrogen-bond acceptors (Lipinski definition) is 7. The molecule has 0 saturated carbocycles. The minimum atomic E-state index is -4.63. The number of nitrogens with zero attached hydrogens (tertiary/aromatic N) is 2. The number of aliphatic carboxylic acids is 2. The number of carboxylic acid groups (broad SMARTS) is 2. The molecule has 0 saturated heterocycles. The number of ether oxygens (including phenoxy) is 2. The van der Waals surface area contributed by atoms with Crippen LogP contribution in [0.3, 0.4) is 0 Å². The third kappa shape index (κ3) is 7.96. The van der Waals surface area contributed by atoms with Crippen molar-refractivity contribution in [2.75, 3.05) is 14.2 Å². The summed E-state index contributed by atoms with van der Waals surface area (Å²) in [4.78, 5) is 22.5. The summed E-state index contributed by atoms with van der Waals surface area (Å²) in [5.74, 6) is -2.41. The maximum atomic E-state index is 12.8. The molecule has 0 aliphatic heterocycles. The zero-order valence-corrected chi connectivity index (χ0v) is 16.8. The average Bonchev–Trinajstić information content (AvgIpc) is 2.72. The van der Waals surface area contributed by atoms with E-state index in [2.05, 4.69) is 10.3 Å². The van der Waals surface area contributed by atoms with Gasteiger partial charge in [-0.15, -0.1) is 0 Å². The fourth-order valence-corrected chi connectivity index (χ4v) is 2.21. The second-order valence-electron chi connectivity index (χ2n) is 5.75. The van der Waals surface area contributed by atoms with Gasteiger partial charge in [0.1, 0.15) is 17.3 Å². The molecular weight excluding hydrogens is 435 g/mol. The lowest BCUT2D eigenvalue weighted by atomic mass is 10.2. The van der Waals surface area contributed by atoms with Gasteiger partial charge in [-0.1, -0.05) is 12.1 Å². The van der Waals surface area contributed by atoms with Gasteiger partial charge in [0.2, 0.25) is 5.88 Å². The molecular formula is C20H18F3N3O6. The first kappa shape index (κ1) is 25.9. The highest BCUT2D eigenvalue weighted by atomic mass is 19.4. The molecule has 9 nitrogen and oxygen atoms in total. The van der Waals surface area contributed by atoms with Crippen LogP contribution in [-0.4, -0.2) is 41.3 Å². The minimum Gasteiger partial charge on any atom is -0.492 e. The molecule has 0 spiro atoms. The highest BCUT2D eigenvalue weighted by molar-refractivity contribution is 5.89. The van der Waals surface area contributed by atoms with E-state index in [0.29, 0.717) is 24.4 Å². The van der Waals surface area contributed by atoms with Crippen LogP contribution in [0.1, 0.15) is 16.8 Å². The van der Waals surface area contributed by atoms with E-state index in [9.17, 15) is 22.8 Å². The van der Waals surface area contributed by atoms with Gasteiger partial charge >= 0.3 is 18.1 Å². The van der Waals surface area contributed by atoms with Crippen LogP contribution in [0.15, 0.2) is 42.5 Å². The van der Waals surface area contributed by atoms with Crippen LogP contribution >= 0.6 is 0 Å². The van der Waals surface area contributed by atoms with E-state index in [4.69, 9.17) is 24.9 Å². The maximum absolute atomic E-state index is 12.8. The van der Waals surface area contributed by atoms with Gasteiger partial charge < -0.3 is 25.0 Å². The number of pyridine rings is 1. The fourth-order valence-electron chi connectivity index (χ4n) is 2.21. The predicted octanol–water partition coefficient (Wildman–Crippen LogP) is 3.20. The monoisotopic (exact) mass is 453 g/mol. The van der Waals surface area contributed by atoms with Gasteiger partial charge in [0.15, 0.2) is 11.5 Å². The Labute approximate surface area is 180 Å². The molecule has 1 heterocycles. The molecule has 1 aromatic heterocycles. The SMILES string of the molecule is CNCc1cccc(Oc2nc(C(F)(F)F)ccc2C#N)c1OC.O=C(O)C=CC(=O)O. The topological polar surface area (TPSA) is 142 Å². The first-order valence-electron chi connectivity index (χ1n) is 8.64. The summed E-state index contributed by atoms with van der Waals surface area (Å²) in [6.07, 6.45) is -3.52. The van der Waals surface area contributed by atoms with Crippen LogP contribution in [0.2, 0.25) is 0 Å². The maximum Gasteiger partial charge on any atom is 0.433 e. The number of alkyl halides is 3. The highest BCUT2D eigenvalue weighted by Gasteiger charge is 2.33. The van der Waals surface area contributed by atoms with Gasteiger partial charge in [-0.3, -0.25) is 0 Å². The lowest BCUT2D eigenvalue weighted by Gasteiger charge is -2.15. The molecule has 0 amide bonds. The number of benzene rings is 1. The van der Waals surface area contributed by atoms with E-state index in [0.717, 1.165) is 17.7 Å². The van der Waals surface area contributed by atoms with Crippen LogP contribution < -0.4 is 14.8 Å². The Morgan fingerprint density at radius 3 is 2.28 bits per heavy atom. The normalized spacial score (nSPS) is 10.6. The molecule has 32 heavy (non-hydrogen) atoms. The molecule has 170 valence electrons. The molecule has 0 unspecified atom stereocenters. The van der Waals surface area contributed by atoms with E-state index in [1.807, 2.05) is 0 Å². The van der Waals surface area contributed by atoms with Gasteiger partial charge in [0, 0.05) is 24.3 Å². The Morgan fingerprint density at radius 2 is 1.81 bits per heavy atom. The van der Waals surface area contributed by atoms with Gasteiger partial charge in [-0.25, -0.2) is 14.6 Å². The Hall–Kier alpha value is -4.11. The quantitative estimate of drug-likeness (QED) is 0.539. The number of nitriles is 1. The van der Waals surface area contributed by atoms with E-state index in [1.54, 1.807) is 25.2 Å². The second kappa shape index (κ2) is 11.9. The average molecular weight is 453 g/mol. The standard InChI is InChI=1S/C16H14F3N3O2.C4H4O4/c1-21-9-11-4-3-5-12(14(11)23-2)24-15-10(8-20)6-7-13(22-15)16(17,18)19;5-3(6)1-2-4(7)8/h3-7,21H,9H2,1-2H3;1-2H,(H,5,6)(H,7,8). The Bertz CT molecular complexity index is 1020. The summed E-state index contributed by atoms with van der Waals surface area (Å²) in [7, 11) is 3.17. The van der Waals surface area contributed by atoms with Crippen molar-refractivity contribution in [1.29, 1.82) is 5.26 Å². The summed E-state index contributed by atoms with van der Waals surface area (Å²) in [5.41, 5.74) is -0.492. The smallest absolute Gasteiger partial charge is 0.433 e. The van der Waals surface area contributed by atoms with Gasteiger partial charge in [-0.2, -0.15) is 18.4 Å². The lowest BCUT2D eigenvalue weighted by molar-refractivity contribution is -0.141. The molecule has 12 heteroatoms. The van der Waals surface area contributed by atoms with Crippen LogP contribution in [0, 0.1) is 11.3 Å². The molecule has 0 radical (unpaired) electrons. The number of halogens is 3. The molecule has 0 fully saturated rings. The number of para-hydroxylation sites is 1. The van der Waals surface area contributed by atoms with Gasteiger partial charge in [-0.05, 0) is 25.2 Å². The number of rotatable bonds is 7. The summed E-state index contributed by atoms with van der Waals surface area (Å²) in [6.45, 7) is 0.474. The molecule has 1 aromatic carbocycles. The summed E-state index contributed by atoms with van der Waals surface area (Å²) in [5, 5.41) is 27.6. The summed E-state index contributed by atoms with van der Waals surface area (Å²) < 4.78 is 49.2. The molecule has 3 N–H and O–H groups in total. The van der Waals surface area contributed by atoms with E-state index < -0.39 is 29.7 Å². The molecule has 0 atom stereocenters. The fraction of sp³-hybridized carbons (Fsp3) is 0.200. The highest BCUT2D eigenvalue weighted by Crippen LogP contribution is 2.36. The van der Waals surface area contributed by atoms with Crippen molar-refractivity contribution >= 4 is 11.9 Å². The zero-order valence-electron chi connectivity index (χ0n) is 16.8. The molecule has 0 bridgehead atoms. The minimum absolute atomic E-state index is 0.107. The van der Waals surface area contributed by atoms with Crippen LogP contribution in [-0.2, 0) is 22.3 Å². The summed E-state index contributed by atoms with van der Waals surface area (Å²) >= 11 is 0. The lowest BCUT2D eigenvalue weighted by Crippen LogP contribution is -2.10. The first-order valence-corrected chi connectivity index (χ1v) is 8.64. The number of nitrogens with one attached hydrogen (secondary N) is 1. The van der Waals surface area contributed by atoms with Crippen molar-refractivity contribution in [2.24, 2.45) is 0 Å². The third-order valence-corrected chi connectivity index (χ3v) is 3.48. The third-order valence-electron chi connectivity index (χ3n) is 3.48. The number of carbonyl (C=O) groups is 2. The van der Waals surface area contributed by atoms with Crippen molar-refractivity contribution in [3.63, 3.8) is 0 Å². The molecule has 0 aliphatic carbocycles. The summed E-state index contributed by atoms with van der Waals surface area (Å²) in [6, 6.07) is 8.51. The Morgan fingerprint density at radius 1 is 1.19 bits per heavy atom. The van der Waals surface area contributed by atoms with Gasteiger partial charge in [0.05, 0.1) is 7.11 Å². The van der Waals surface area contributed by atoms with Crippen molar-refractivity contribution in [3.8, 4) is 23.4 Å². The van der Waals surface area contributed by atoms with Crippen molar-refractivity contribution < 1.29 is 42.4 Å². The molecule has 2 aromatic rings. The van der Waals surface area contributed by atoms with E-state index in [1.165, 1.54) is 13.2 Å². The Balaban J connectivity index is 0.000000547. The predicted molar refractivity (Wildman–Crippen MR) is 104 cm³/mol. The number of methoxy groups -OCH3 is 1. The van der Waals surface area contributed by atoms with Crippen LogP contribution in [0.25, 0.3) is 0 Å². The second-order valence-corrected chi connectivity index (χ2v) is 5.75. The van der Waals surface area contributed by atoms with Crippen molar-refractivity contribution in [3.05, 3.63) is 59.3 Å². The van der Waals surface area contributed by atoms with Gasteiger partial charge in [0.25, 0.3) is 0 Å². The van der Waals surface area contributed by atoms with Crippen molar-refractivity contribution in [2.45, 2.75) is 12.7 Å².